The molecule has 0 aliphatic carbocycles. The number of thiophene rings is 1. The van der Waals surface area contributed by atoms with Crippen LogP contribution < -0.4 is 4.90 Å². The lowest BCUT2D eigenvalue weighted by atomic mass is 10.1. The molecule has 0 aliphatic rings. The van der Waals surface area contributed by atoms with E-state index in [4.69, 9.17) is 0 Å². The molecule has 1 aromatic carbocycles. The van der Waals surface area contributed by atoms with Crippen LogP contribution in [0.1, 0.15) is 30.4 Å². The minimum absolute atomic E-state index is 0.281. The summed E-state index contributed by atoms with van der Waals surface area (Å²) in [5.74, 6) is -0.281. The summed E-state index contributed by atoms with van der Waals surface area (Å²) < 4.78 is 14.1. The maximum Gasteiger partial charge on any atom is 0.146 e. The van der Waals surface area contributed by atoms with E-state index in [1.165, 1.54) is 10.9 Å². The Hall–Kier alpha value is -1.39. The Morgan fingerprint density at radius 1 is 1.37 bits per heavy atom. The van der Waals surface area contributed by atoms with Gasteiger partial charge in [-0.2, -0.15) is 0 Å². The number of hydrogen-bond acceptors (Lipinski definition) is 3. The molecule has 4 heteroatoms. The zero-order chi connectivity index (χ0) is 13.8. The molecule has 0 fully saturated rings. The zero-order valence-corrected chi connectivity index (χ0v) is 12.0. The van der Waals surface area contributed by atoms with E-state index in [-0.39, 0.29) is 5.82 Å². The first-order valence-electron chi connectivity index (χ1n) is 6.36. The van der Waals surface area contributed by atoms with Gasteiger partial charge in [-0.1, -0.05) is 12.1 Å². The fraction of sp³-hybridized carbons (Fsp3) is 0.333. The molecule has 0 saturated heterocycles. The van der Waals surface area contributed by atoms with Gasteiger partial charge in [0.1, 0.15) is 5.82 Å². The maximum atomic E-state index is 14.1. The summed E-state index contributed by atoms with van der Waals surface area (Å²) in [6.45, 7) is 5.09. The summed E-state index contributed by atoms with van der Waals surface area (Å²) in [5.41, 5.74) is 1.19. The van der Waals surface area contributed by atoms with Crippen molar-refractivity contribution in [3.63, 3.8) is 0 Å². The number of aliphatic hydroxyl groups is 1. The van der Waals surface area contributed by atoms with Crippen molar-refractivity contribution in [3.05, 3.63) is 52.0 Å². The number of aliphatic hydroxyl groups excluding tert-OH is 1. The van der Waals surface area contributed by atoms with Gasteiger partial charge in [0, 0.05) is 11.4 Å². The number of anilines is 1. The van der Waals surface area contributed by atoms with Crippen LogP contribution in [0, 0.1) is 5.82 Å². The fourth-order valence-corrected chi connectivity index (χ4v) is 2.72. The fourth-order valence-electron chi connectivity index (χ4n) is 2.00. The van der Waals surface area contributed by atoms with Crippen LogP contribution in [0.4, 0.5) is 10.1 Å². The molecule has 0 unspecified atom stereocenters. The molecule has 0 saturated carbocycles. The Bertz CT molecular complexity index is 525. The Labute approximate surface area is 117 Å². The average molecular weight is 279 g/mol. The second-order valence-corrected chi connectivity index (χ2v) is 5.51. The first-order valence-corrected chi connectivity index (χ1v) is 7.24. The first kappa shape index (κ1) is 14.0. The highest BCUT2D eigenvalue weighted by Gasteiger charge is 2.13. The van der Waals surface area contributed by atoms with Gasteiger partial charge in [0.15, 0.2) is 0 Å². The number of nitrogens with zero attached hydrogens (tertiary/aromatic N) is 1. The molecule has 1 N–H and O–H groups in total. The highest BCUT2D eigenvalue weighted by Crippen LogP contribution is 2.25. The number of benzene rings is 1. The molecule has 1 aromatic heterocycles. The average Bonchev–Trinajstić information content (AvgIpc) is 2.89. The number of rotatable bonds is 5. The van der Waals surface area contributed by atoms with E-state index in [9.17, 15) is 9.50 Å². The third-order valence-electron chi connectivity index (χ3n) is 3.10. The SMILES string of the molecule is CCN(Cc1cccs1)c1ccc([C@@H](C)O)cc1F. The van der Waals surface area contributed by atoms with E-state index in [0.717, 1.165) is 6.54 Å². The third kappa shape index (κ3) is 3.33. The number of hydrogen-bond donors (Lipinski definition) is 1. The highest BCUT2D eigenvalue weighted by atomic mass is 32.1. The normalized spacial score (nSPS) is 12.4. The smallest absolute Gasteiger partial charge is 0.146 e. The predicted molar refractivity (Wildman–Crippen MR) is 78.1 cm³/mol. The molecule has 2 nitrogen and oxygen atoms in total. The van der Waals surface area contributed by atoms with Crippen LogP contribution in [0.5, 0.6) is 0 Å². The Kier molecular flexibility index (Phi) is 4.56. The topological polar surface area (TPSA) is 23.5 Å². The third-order valence-corrected chi connectivity index (χ3v) is 3.96. The zero-order valence-electron chi connectivity index (χ0n) is 11.1. The quantitative estimate of drug-likeness (QED) is 0.895. The second kappa shape index (κ2) is 6.17. The monoisotopic (exact) mass is 279 g/mol. The second-order valence-electron chi connectivity index (χ2n) is 4.48. The molecule has 0 spiro atoms. The van der Waals surface area contributed by atoms with Crippen LogP contribution in [-0.2, 0) is 6.54 Å². The first-order chi connectivity index (χ1) is 9.11. The molecule has 0 amide bonds. The lowest BCUT2D eigenvalue weighted by molar-refractivity contribution is 0.199. The van der Waals surface area contributed by atoms with E-state index in [0.29, 0.717) is 17.8 Å². The molecule has 0 aliphatic heterocycles. The lowest BCUT2D eigenvalue weighted by Gasteiger charge is -2.23. The van der Waals surface area contributed by atoms with Crippen LogP contribution in [0.2, 0.25) is 0 Å². The number of halogens is 1. The Balaban J connectivity index is 2.23. The molecule has 1 heterocycles. The van der Waals surface area contributed by atoms with Crippen molar-refractivity contribution < 1.29 is 9.50 Å². The summed E-state index contributed by atoms with van der Waals surface area (Å²) in [7, 11) is 0. The summed E-state index contributed by atoms with van der Waals surface area (Å²) in [4.78, 5) is 3.20. The van der Waals surface area contributed by atoms with Crippen molar-refractivity contribution in [2.75, 3.05) is 11.4 Å². The molecular formula is C15H18FNOS. The molecule has 2 aromatic rings. The summed E-state index contributed by atoms with van der Waals surface area (Å²) in [5, 5.41) is 11.5. The van der Waals surface area contributed by atoms with E-state index in [1.54, 1.807) is 30.4 Å². The van der Waals surface area contributed by atoms with Crippen LogP contribution in [0.25, 0.3) is 0 Å². The van der Waals surface area contributed by atoms with Crippen molar-refractivity contribution >= 4 is 17.0 Å². The van der Waals surface area contributed by atoms with Crippen LogP contribution >= 0.6 is 11.3 Å². The highest BCUT2D eigenvalue weighted by molar-refractivity contribution is 7.09. The Morgan fingerprint density at radius 3 is 2.68 bits per heavy atom. The van der Waals surface area contributed by atoms with Gasteiger partial charge in [-0.15, -0.1) is 11.3 Å². The van der Waals surface area contributed by atoms with Crippen LogP contribution in [-0.4, -0.2) is 11.7 Å². The Morgan fingerprint density at radius 2 is 2.16 bits per heavy atom. The molecule has 19 heavy (non-hydrogen) atoms. The standard InChI is InChI=1S/C15H18FNOS/c1-3-17(10-13-5-4-8-19-13)15-7-6-12(11(2)18)9-14(15)16/h4-9,11,18H,3,10H2,1-2H3/t11-/m1/s1. The molecule has 0 radical (unpaired) electrons. The summed E-state index contributed by atoms with van der Waals surface area (Å²) in [6.07, 6.45) is -0.643. The van der Waals surface area contributed by atoms with Crippen molar-refractivity contribution in [1.29, 1.82) is 0 Å². The molecule has 0 bridgehead atoms. The minimum Gasteiger partial charge on any atom is -0.389 e. The molecule has 2 rings (SSSR count). The van der Waals surface area contributed by atoms with E-state index >= 15 is 0 Å². The molecule has 1 atom stereocenters. The minimum atomic E-state index is -0.643. The van der Waals surface area contributed by atoms with E-state index < -0.39 is 6.10 Å². The van der Waals surface area contributed by atoms with Gasteiger partial charge in [0.2, 0.25) is 0 Å². The summed E-state index contributed by atoms with van der Waals surface area (Å²) in [6, 6.07) is 8.99. The van der Waals surface area contributed by atoms with E-state index in [2.05, 4.69) is 6.07 Å². The molecule has 102 valence electrons. The van der Waals surface area contributed by atoms with Crippen molar-refractivity contribution in [2.24, 2.45) is 0 Å². The van der Waals surface area contributed by atoms with Crippen molar-refractivity contribution in [2.45, 2.75) is 26.5 Å². The van der Waals surface area contributed by atoms with E-state index in [1.807, 2.05) is 23.3 Å². The van der Waals surface area contributed by atoms with Gasteiger partial charge < -0.3 is 10.0 Å². The summed E-state index contributed by atoms with van der Waals surface area (Å²) >= 11 is 1.67. The van der Waals surface area contributed by atoms with Gasteiger partial charge in [0.05, 0.1) is 18.3 Å². The van der Waals surface area contributed by atoms with Gasteiger partial charge in [-0.3, -0.25) is 0 Å². The van der Waals surface area contributed by atoms with Crippen molar-refractivity contribution in [1.82, 2.24) is 0 Å². The van der Waals surface area contributed by atoms with Crippen LogP contribution in [0.15, 0.2) is 35.7 Å². The lowest BCUT2D eigenvalue weighted by Crippen LogP contribution is -2.22. The molecular weight excluding hydrogens is 261 g/mol. The van der Waals surface area contributed by atoms with Gasteiger partial charge >= 0.3 is 0 Å². The predicted octanol–water partition coefficient (Wildman–Crippen LogP) is 3.97. The maximum absolute atomic E-state index is 14.1. The van der Waals surface area contributed by atoms with Crippen molar-refractivity contribution in [3.8, 4) is 0 Å². The van der Waals surface area contributed by atoms with Gasteiger partial charge in [-0.25, -0.2) is 4.39 Å². The van der Waals surface area contributed by atoms with Gasteiger partial charge in [0.25, 0.3) is 0 Å². The largest absolute Gasteiger partial charge is 0.389 e. The van der Waals surface area contributed by atoms with Crippen LogP contribution in [0.3, 0.4) is 0 Å². The van der Waals surface area contributed by atoms with Gasteiger partial charge in [-0.05, 0) is 43.0 Å².